The molecule has 0 aromatic heterocycles. The number of amides is 1. The van der Waals surface area contributed by atoms with Crippen LogP contribution >= 0.6 is 0 Å². The second kappa shape index (κ2) is 10.4. The van der Waals surface area contributed by atoms with Crippen LogP contribution in [0.25, 0.3) is 0 Å². The molecule has 0 aromatic rings. The molecule has 1 amide bonds. The van der Waals surface area contributed by atoms with Crippen molar-refractivity contribution in [2.75, 3.05) is 33.2 Å². The van der Waals surface area contributed by atoms with Gasteiger partial charge in [0.1, 0.15) is 0 Å². The summed E-state index contributed by atoms with van der Waals surface area (Å²) >= 11 is 0. The van der Waals surface area contributed by atoms with E-state index in [0.717, 1.165) is 51.4 Å². The third-order valence-corrected chi connectivity index (χ3v) is 5.08. The van der Waals surface area contributed by atoms with Gasteiger partial charge in [-0.1, -0.05) is 11.6 Å². The molecule has 0 saturated carbocycles. The number of carbonyl (C=O) groups is 1. The molecule has 5 heteroatoms. The zero-order valence-electron chi connectivity index (χ0n) is 15.4. The molecule has 1 fully saturated rings. The smallest absolute Gasteiger partial charge is 0.220 e. The van der Waals surface area contributed by atoms with E-state index in [9.17, 15) is 4.79 Å². The molecule has 1 saturated heterocycles. The summed E-state index contributed by atoms with van der Waals surface area (Å²) in [6.07, 6.45) is 11.5. The Kier molecular flexibility index (Phi) is 8.13. The Balaban J connectivity index is 1.80. The molecule has 1 heterocycles. The lowest BCUT2D eigenvalue weighted by atomic mass is 9.93. The Hall–Kier alpha value is -1.52. The molecule has 5 nitrogen and oxygen atoms in total. The third kappa shape index (κ3) is 6.17. The Morgan fingerprint density at radius 2 is 2.12 bits per heavy atom. The van der Waals surface area contributed by atoms with Crippen molar-refractivity contribution in [1.29, 1.82) is 0 Å². The normalized spacial score (nSPS) is 19.8. The molecule has 2 N–H and O–H groups in total. The minimum absolute atomic E-state index is 0.162. The van der Waals surface area contributed by atoms with E-state index in [1.54, 1.807) is 12.6 Å². The highest BCUT2D eigenvalue weighted by Gasteiger charge is 2.23. The Bertz CT molecular complexity index is 450. The van der Waals surface area contributed by atoms with Crippen molar-refractivity contribution in [3.63, 3.8) is 0 Å². The van der Waals surface area contributed by atoms with E-state index >= 15 is 0 Å². The molecular weight excluding hydrogens is 300 g/mol. The van der Waals surface area contributed by atoms with Gasteiger partial charge in [0.05, 0.1) is 0 Å². The summed E-state index contributed by atoms with van der Waals surface area (Å²) in [6.45, 7) is 5.90. The topological polar surface area (TPSA) is 56.7 Å². The van der Waals surface area contributed by atoms with Crippen molar-refractivity contribution in [3.05, 3.63) is 11.6 Å². The van der Waals surface area contributed by atoms with Crippen molar-refractivity contribution < 1.29 is 4.79 Å². The number of piperidine rings is 1. The molecule has 0 bridgehead atoms. The first-order valence-corrected chi connectivity index (χ1v) is 9.64. The fourth-order valence-electron chi connectivity index (χ4n) is 3.58. The Morgan fingerprint density at radius 1 is 1.33 bits per heavy atom. The summed E-state index contributed by atoms with van der Waals surface area (Å²) in [5, 5.41) is 6.17. The second-order valence-electron chi connectivity index (χ2n) is 6.90. The van der Waals surface area contributed by atoms with Crippen LogP contribution in [0.1, 0.15) is 58.3 Å². The summed E-state index contributed by atoms with van der Waals surface area (Å²) in [6, 6.07) is 0. The molecule has 0 unspecified atom stereocenters. The molecule has 1 aliphatic heterocycles. The van der Waals surface area contributed by atoms with Crippen LogP contribution < -0.4 is 10.6 Å². The quantitative estimate of drug-likeness (QED) is 0.446. The SMILES string of the molecule is CCNC(=NCCC1=CCCCC1)N1CCC(CC(=O)NC)CC1. The molecular formula is C19H34N4O. The van der Waals surface area contributed by atoms with Gasteiger partial charge < -0.3 is 15.5 Å². The predicted molar refractivity (Wildman–Crippen MR) is 100 cm³/mol. The number of rotatable bonds is 6. The van der Waals surface area contributed by atoms with Crippen LogP contribution in [0.15, 0.2) is 16.6 Å². The maximum Gasteiger partial charge on any atom is 0.220 e. The maximum atomic E-state index is 11.5. The van der Waals surface area contributed by atoms with Crippen LogP contribution in [0, 0.1) is 5.92 Å². The first-order chi connectivity index (χ1) is 11.7. The van der Waals surface area contributed by atoms with Crippen molar-refractivity contribution in [3.8, 4) is 0 Å². The number of carbonyl (C=O) groups excluding carboxylic acids is 1. The molecule has 0 radical (unpaired) electrons. The Labute approximate surface area is 147 Å². The molecule has 0 aromatic carbocycles. The van der Waals surface area contributed by atoms with Gasteiger partial charge in [-0.05, 0) is 57.8 Å². The average molecular weight is 335 g/mol. The highest BCUT2D eigenvalue weighted by molar-refractivity contribution is 5.80. The van der Waals surface area contributed by atoms with E-state index in [1.165, 1.54) is 25.7 Å². The summed E-state index contributed by atoms with van der Waals surface area (Å²) in [7, 11) is 1.72. The fourth-order valence-corrected chi connectivity index (χ4v) is 3.58. The van der Waals surface area contributed by atoms with E-state index in [-0.39, 0.29) is 5.91 Å². The molecule has 1 aliphatic carbocycles. The number of hydrogen-bond donors (Lipinski definition) is 2. The number of likely N-dealkylation sites (tertiary alicyclic amines) is 1. The largest absolute Gasteiger partial charge is 0.359 e. The van der Waals surface area contributed by atoms with Crippen molar-refractivity contribution in [1.82, 2.24) is 15.5 Å². The molecule has 24 heavy (non-hydrogen) atoms. The molecule has 0 spiro atoms. The fraction of sp³-hybridized carbons (Fsp3) is 0.789. The monoisotopic (exact) mass is 334 g/mol. The zero-order chi connectivity index (χ0) is 17.2. The van der Waals surface area contributed by atoms with Gasteiger partial charge >= 0.3 is 0 Å². The van der Waals surface area contributed by atoms with Crippen LogP contribution in [-0.2, 0) is 4.79 Å². The summed E-state index contributed by atoms with van der Waals surface area (Å²) in [4.78, 5) is 18.7. The standard InChI is InChI=1S/C19H34N4O/c1-3-21-19(22-12-9-16-7-5-4-6-8-16)23-13-10-17(11-14-23)15-18(24)20-2/h7,17H,3-6,8-15H2,1-2H3,(H,20,24)(H,21,22). The van der Waals surface area contributed by atoms with E-state index in [0.29, 0.717) is 12.3 Å². The van der Waals surface area contributed by atoms with Gasteiger partial charge in [-0.3, -0.25) is 9.79 Å². The van der Waals surface area contributed by atoms with Gasteiger partial charge in [-0.25, -0.2) is 0 Å². The van der Waals surface area contributed by atoms with Gasteiger partial charge in [0.15, 0.2) is 5.96 Å². The van der Waals surface area contributed by atoms with Crippen molar-refractivity contribution in [2.24, 2.45) is 10.9 Å². The van der Waals surface area contributed by atoms with Crippen LogP contribution in [0.4, 0.5) is 0 Å². The van der Waals surface area contributed by atoms with Gasteiger partial charge in [0.25, 0.3) is 0 Å². The lowest BCUT2D eigenvalue weighted by molar-refractivity contribution is -0.121. The minimum Gasteiger partial charge on any atom is -0.359 e. The molecule has 136 valence electrons. The number of nitrogens with one attached hydrogen (secondary N) is 2. The second-order valence-corrected chi connectivity index (χ2v) is 6.90. The number of guanidine groups is 1. The maximum absolute atomic E-state index is 11.5. The summed E-state index contributed by atoms with van der Waals surface area (Å²) in [5.74, 6) is 1.72. The van der Waals surface area contributed by atoms with E-state index in [4.69, 9.17) is 4.99 Å². The lowest BCUT2D eigenvalue weighted by Crippen LogP contribution is -2.46. The van der Waals surface area contributed by atoms with Crippen molar-refractivity contribution >= 4 is 11.9 Å². The van der Waals surface area contributed by atoms with Gasteiger partial charge in [0, 0.05) is 39.6 Å². The summed E-state index contributed by atoms with van der Waals surface area (Å²) < 4.78 is 0. The number of allylic oxidation sites excluding steroid dienone is 1. The van der Waals surface area contributed by atoms with Crippen molar-refractivity contribution in [2.45, 2.75) is 58.3 Å². The van der Waals surface area contributed by atoms with Gasteiger partial charge in [-0.15, -0.1) is 0 Å². The van der Waals surface area contributed by atoms with Gasteiger partial charge in [0.2, 0.25) is 5.91 Å². The molecule has 2 aliphatic rings. The van der Waals surface area contributed by atoms with Crippen LogP contribution in [0.5, 0.6) is 0 Å². The third-order valence-electron chi connectivity index (χ3n) is 5.08. The number of hydrogen-bond acceptors (Lipinski definition) is 2. The van der Waals surface area contributed by atoms with E-state index < -0.39 is 0 Å². The average Bonchev–Trinajstić information content (AvgIpc) is 2.62. The molecule has 0 atom stereocenters. The molecule has 2 rings (SSSR count). The number of aliphatic imine (C=N–C) groups is 1. The first kappa shape index (κ1) is 18.8. The zero-order valence-corrected chi connectivity index (χ0v) is 15.4. The lowest BCUT2D eigenvalue weighted by Gasteiger charge is -2.34. The minimum atomic E-state index is 0.162. The van der Waals surface area contributed by atoms with Crippen LogP contribution in [-0.4, -0.2) is 50.0 Å². The predicted octanol–water partition coefficient (Wildman–Crippen LogP) is 2.69. The van der Waals surface area contributed by atoms with E-state index in [1.807, 2.05) is 0 Å². The van der Waals surface area contributed by atoms with Crippen LogP contribution in [0.3, 0.4) is 0 Å². The van der Waals surface area contributed by atoms with Gasteiger partial charge in [-0.2, -0.15) is 0 Å². The highest BCUT2D eigenvalue weighted by Crippen LogP contribution is 2.21. The van der Waals surface area contributed by atoms with E-state index in [2.05, 4.69) is 28.5 Å². The Morgan fingerprint density at radius 3 is 2.75 bits per heavy atom. The first-order valence-electron chi connectivity index (χ1n) is 9.64. The highest BCUT2D eigenvalue weighted by atomic mass is 16.1. The number of nitrogens with zero attached hydrogens (tertiary/aromatic N) is 2. The van der Waals surface area contributed by atoms with Crippen LogP contribution in [0.2, 0.25) is 0 Å². The summed E-state index contributed by atoms with van der Waals surface area (Å²) in [5.41, 5.74) is 1.59.